The van der Waals surface area contributed by atoms with Gasteiger partial charge in [-0.05, 0) is 25.5 Å². The number of carbonyl (C=O) groups excluding carboxylic acids is 3. The highest BCUT2D eigenvalue weighted by Gasteiger charge is 2.41. The lowest BCUT2D eigenvalue weighted by atomic mass is 10.1. The van der Waals surface area contributed by atoms with Crippen LogP contribution < -0.4 is 0 Å². The van der Waals surface area contributed by atoms with Crippen molar-refractivity contribution in [3.8, 4) is 0 Å². The lowest BCUT2D eigenvalue weighted by molar-refractivity contribution is -0.133. The second-order valence-corrected chi connectivity index (χ2v) is 8.32. The van der Waals surface area contributed by atoms with Crippen molar-refractivity contribution >= 4 is 27.6 Å². The summed E-state index contributed by atoms with van der Waals surface area (Å²) in [6.07, 6.45) is 0.332. The molecule has 1 unspecified atom stereocenters. The highest BCUT2D eigenvalue weighted by Crippen LogP contribution is 2.25. The summed E-state index contributed by atoms with van der Waals surface area (Å²) in [5.41, 5.74) is -0.393. The summed E-state index contributed by atoms with van der Waals surface area (Å²) >= 11 is 0. The largest absolute Gasteiger partial charge is 0.337 e. The number of hydrogen-bond donors (Lipinski definition) is 0. The minimum absolute atomic E-state index is 0.0136. The molecule has 1 aromatic carbocycles. The molecule has 1 aromatic rings. The zero-order chi connectivity index (χ0) is 18.4. The summed E-state index contributed by atoms with van der Waals surface area (Å²) < 4.78 is 37.1. The Morgan fingerprint density at radius 2 is 2.04 bits per heavy atom. The molecule has 134 valence electrons. The van der Waals surface area contributed by atoms with Crippen LogP contribution in [0, 0.1) is 5.82 Å². The van der Waals surface area contributed by atoms with Gasteiger partial charge in [0.25, 0.3) is 11.8 Å². The van der Waals surface area contributed by atoms with E-state index in [1.807, 2.05) is 0 Å². The molecule has 2 aliphatic heterocycles. The molecule has 2 aliphatic rings. The number of imide groups is 1. The molecule has 7 nitrogen and oxygen atoms in total. The molecular formula is C16H17FN2O5S. The van der Waals surface area contributed by atoms with Crippen LogP contribution >= 0.6 is 0 Å². The third-order valence-corrected chi connectivity index (χ3v) is 6.30. The molecule has 0 aliphatic carbocycles. The Balaban J connectivity index is 1.78. The van der Waals surface area contributed by atoms with Crippen LogP contribution in [0.25, 0.3) is 0 Å². The van der Waals surface area contributed by atoms with E-state index in [-0.39, 0.29) is 29.2 Å². The molecule has 25 heavy (non-hydrogen) atoms. The standard InChI is InChI=1S/C16H17FN2O5S/c1-2-18(10-6-7-25(23,24)9-10)13(20)8-19-15(21)11-4-3-5-12(17)14(11)16(19)22/h3-5,10H,2,6-9H2,1H3. The maximum absolute atomic E-state index is 13.8. The summed E-state index contributed by atoms with van der Waals surface area (Å²) in [5.74, 6) is -3.01. The zero-order valence-electron chi connectivity index (χ0n) is 13.6. The molecule has 3 amide bonds. The second kappa shape index (κ2) is 6.21. The van der Waals surface area contributed by atoms with Gasteiger partial charge in [-0.2, -0.15) is 0 Å². The van der Waals surface area contributed by atoms with E-state index in [1.165, 1.54) is 17.0 Å². The minimum atomic E-state index is -3.17. The first-order chi connectivity index (χ1) is 11.7. The van der Waals surface area contributed by atoms with Crippen LogP contribution in [0.3, 0.4) is 0 Å². The van der Waals surface area contributed by atoms with E-state index in [9.17, 15) is 27.2 Å². The number of sulfone groups is 1. The number of nitrogens with zero attached hydrogens (tertiary/aromatic N) is 2. The number of fused-ring (bicyclic) bond motifs is 1. The van der Waals surface area contributed by atoms with Crippen LogP contribution in [0.1, 0.15) is 34.1 Å². The Kier molecular flexibility index (Phi) is 4.36. The smallest absolute Gasteiger partial charge is 0.265 e. The van der Waals surface area contributed by atoms with Crippen LogP contribution in [-0.2, 0) is 14.6 Å². The molecule has 1 saturated heterocycles. The van der Waals surface area contributed by atoms with Gasteiger partial charge in [-0.25, -0.2) is 12.8 Å². The first-order valence-electron chi connectivity index (χ1n) is 7.89. The van der Waals surface area contributed by atoms with Gasteiger partial charge < -0.3 is 4.90 Å². The number of benzene rings is 1. The van der Waals surface area contributed by atoms with Crippen LogP contribution in [-0.4, -0.2) is 66.6 Å². The molecule has 0 saturated carbocycles. The van der Waals surface area contributed by atoms with Crippen molar-refractivity contribution in [2.24, 2.45) is 0 Å². The minimum Gasteiger partial charge on any atom is -0.337 e. The lowest BCUT2D eigenvalue weighted by Crippen LogP contribution is -2.47. The normalized spacial score (nSPS) is 21.5. The van der Waals surface area contributed by atoms with Crippen LogP contribution in [0.4, 0.5) is 4.39 Å². The van der Waals surface area contributed by atoms with E-state index in [2.05, 4.69) is 0 Å². The van der Waals surface area contributed by atoms with Crippen molar-refractivity contribution < 1.29 is 27.2 Å². The molecule has 2 heterocycles. The van der Waals surface area contributed by atoms with E-state index in [0.717, 1.165) is 6.07 Å². The van der Waals surface area contributed by atoms with Gasteiger partial charge >= 0.3 is 0 Å². The van der Waals surface area contributed by atoms with Crippen molar-refractivity contribution in [2.75, 3.05) is 24.6 Å². The number of amides is 3. The number of likely N-dealkylation sites (N-methyl/N-ethyl adjacent to an activating group) is 1. The first-order valence-corrected chi connectivity index (χ1v) is 9.72. The fourth-order valence-electron chi connectivity index (χ4n) is 3.32. The zero-order valence-corrected chi connectivity index (χ0v) is 14.4. The Hall–Kier alpha value is -2.29. The van der Waals surface area contributed by atoms with Gasteiger partial charge in [0.1, 0.15) is 12.4 Å². The van der Waals surface area contributed by atoms with E-state index >= 15 is 0 Å². The molecule has 0 bridgehead atoms. The first kappa shape index (κ1) is 17.5. The lowest BCUT2D eigenvalue weighted by Gasteiger charge is -2.28. The second-order valence-electron chi connectivity index (χ2n) is 6.10. The predicted octanol–water partition coefficient (Wildman–Crippen LogP) is 0.457. The Morgan fingerprint density at radius 1 is 1.32 bits per heavy atom. The van der Waals surface area contributed by atoms with E-state index in [1.54, 1.807) is 6.92 Å². The molecular weight excluding hydrogens is 351 g/mol. The molecule has 0 N–H and O–H groups in total. The molecule has 1 atom stereocenters. The van der Waals surface area contributed by atoms with Gasteiger partial charge in [-0.3, -0.25) is 19.3 Å². The average molecular weight is 368 g/mol. The molecule has 9 heteroatoms. The maximum Gasteiger partial charge on any atom is 0.265 e. The molecule has 0 spiro atoms. The maximum atomic E-state index is 13.8. The highest BCUT2D eigenvalue weighted by atomic mass is 32.2. The van der Waals surface area contributed by atoms with Crippen LogP contribution in [0.15, 0.2) is 18.2 Å². The van der Waals surface area contributed by atoms with Crippen molar-refractivity contribution in [3.63, 3.8) is 0 Å². The summed E-state index contributed by atoms with van der Waals surface area (Å²) in [6, 6.07) is 3.28. The van der Waals surface area contributed by atoms with Crippen molar-refractivity contribution in [1.82, 2.24) is 9.80 Å². The third kappa shape index (κ3) is 3.04. The molecule has 1 fully saturated rings. The van der Waals surface area contributed by atoms with Gasteiger partial charge in [-0.15, -0.1) is 0 Å². The van der Waals surface area contributed by atoms with Crippen molar-refractivity contribution in [2.45, 2.75) is 19.4 Å². The molecule has 3 rings (SSSR count). The number of rotatable bonds is 4. The van der Waals surface area contributed by atoms with Crippen molar-refractivity contribution in [1.29, 1.82) is 0 Å². The van der Waals surface area contributed by atoms with E-state index in [4.69, 9.17) is 0 Å². The van der Waals surface area contributed by atoms with E-state index < -0.39 is 46.0 Å². The number of hydrogen-bond acceptors (Lipinski definition) is 5. The highest BCUT2D eigenvalue weighted by molar-refractivity contribution is 7.91. The topological polar surface area (TPSA) is 91.8 Å². The quantitative estimate of drug-likeness (QED) is 0.720. The average Bonchev–Trinajstić information content (AvgIpc) is 3.01. The van der Waals surface area contributed by atoms with Crippen LogP contribution in [0.5, 0.6) is 0 Å². The Labute approximate surface area is 144 Å². The monoisotopic (exact) mass is 368 g/mol. The van der Waals surface area contributed by atoms with Crippen molar-refractivity contribution in [3.05, 3.63) is 35.1 Å². The molecule has 0 aromatic heterocycles. The van der Waals surface area contributed by atoms with Crippen LogP contribution in [0.2, 0.25) is 0 Å². The van der Waals surface area contributed by atoms with E-state index in [0.29, 0.717) is 11.3 Å². The Bertz CT molecular complexity index is 867. The summed E-state index contributed by atoms with van der Waals surface area (Å²) in [7, 11) is -3.17. The predicted molar refractivity (Wildman–Crippen MR) is 86.2 cm³/mol. The third-order valence-electron chi connectivity index (χ3n) is 4.55. The van der Waals surface area contributed by atoms with Gasteiger partial charge in [0.15, 0.2) is 9.84 Å². The molecule has 0 radical (unpaired) electrons. The van der Waals surface area contributed by atoms with Gasteiger partial charge in [0.2, 0.25) is 5.91 Å². The van der Waals surface area contributed by atoms with Gasteiger partial charge in [0, 0.05) is 12.6 Å². The van der Waals surface area contributed by atoms with Gasteiger partial charge in [0.05, 0.1) is 22.6 Å². The SMILES string of the molecule is CCN(C(=O)CN1C(=O)c2cccc(F)c2C1=O)C1CCS(=O)(=O)C1. The number of carbonyl (C=O) groups is 3. The summed E-state index contributed by atoms with van der Waals surface area (Å²) in [5, 5.41) is 0. The fourth-order valence-corrected chi connectivity index (χ4v) is 5.05. The summed E-state index contributed by atoms with van der Waals surface area (Å²) in [6.45, 7) is 1.43. The summed E-state index contributed by atoms with van der Waals surface area (Å²) in [4.78, 5) is 39.2. The number of halogens is 1. The Morgan fingerprint density at radius 3 is 2.60 bits per heavy atom. The fraction of sp³-hybridized carbons (Fsp3) is 0.438. The van der Waals surface area contributed by atoms with Gasteiger partial charge in [-0.1, -0.05) is 6.07 Å².